The Balaban J connectivity index is 3.12. The van der Waals surface area contributed by atoms with E-state index in [-0.39, 0.29) is 16.8 Å². The van der Waals surface area contributed by atoms with Gasteiger partial charge >= 0.3 is 5.97 Å². The molecule has 5 heteroatoms. The zero-order chi connectivity index (χ0) is 14.4. The van der Waals surface area contributed by atoms with Crippen molar-refractivity contribution < 1.29 is 14.7 Å². The predicted octanol–water partition coefficient (Wildman–Crippen LogP) is 2.33. The number of carboxylic acids is 1. The molecule has 0 atom stereocenters. The Bertz CT molecular complexity index is 610. The molecule has 5 nitrogen and oxygen atoms in total. The lowest BCUT2D eigenvalue weighted by atomic mass is 10.1. The van der Waals surface area contributed by atoms with Gasteiger partial charge in [0.1, 0.15) is 0 Å². The number of allylic oxidation sites excluding steroid dienone is 2. The number of hydrogen-bond acceptors (Lipinski definition) is 3. The highest BCUT2D eigenvalue weighted by Gasteiger charge is 2.14. The smallest absolute Gasteiger partial charge is 0.337 e. The van der Waals surface area contributed by atoms with Gasteiger partial charge in [0.05, 0.1) is 22.9 Å². The highest BCUT2D eigenvalue weighted by molar-refractivity contribution is 6.07. The van der Waals surface area contributed by atoms with Crippen molar-refractivity contribution in [2.24, 2.45) is 0 Å². The summed E-state index contributed by atoms with van der Waals surface area (Å²) < 4.78 is 0. The van der Waals surface area contributed by atoms with Crippen molar-refractivity contribution in [1.82, 2.24) is 0 Å². The molecule has 0 radical (unpaired) electrons. The van der Waals surface area contributed by atoms with E-state index in [1.165, 1.54) is 30.4 Å². The summed E-state index contributed by atoms with van der Waals surface area (Å²) >= 11 is 0. The fourth-order valence-electron chi connectivity index (χ4n) is 1.37. The van der Waals surface area contributed by atoms with Crippen LogP contribution in [0.1, 0.15) is 22.8 Å². The van der Waals surface area contributed by atoms with Gasteiger partial charge in [0.2, 0.25) is 0 Å². The van der Waals surface area contributed by atoms with Crippen molar-refractivity contribution in [2.45, 2.75) is 6.92 Å². The zero-order valence-corrected chi connectivity index (χ0v) is 10.3. The van der Waals surface area contributed by atoms with E-state index in [0.717, 1.165) is 0 Å². The van der Waals surface area contributed by atoms with Crippen LogP contribution in [0, 0.1) is 11.3 Å². The lowest BCUT2D eigenvalue weighted by Crippen LogP contribution is -2.15. The minimum atomic E-state index is -1.21. The third kappa shape index (κ3) is 3.54. The largest absolute Gasteiger partial charge is 0.478 e. The minimum absolute atomic E-state index is 0.126. The quantitative estimate of drug-likeness (QED) is 0.639. The van der Waals surface area contributed by atoms with E-state index < -0.39 is 11.9 Å². The average Bonchev–Trinajstić information content (AvgIpc) is 2.39. The van der Waals surface area contributed by atoms with Gasteiger partial charge < -0.3 is 10.4 Å². The number of benzene rings is 1. The summed E-state index contributed by atoms with van der Waals surface area (Å²) in [5.41, 5.74) is 0.636. The van der Waals surface area contributed by atoms with Gasteiger partial charge in [-0.1, -0.05) is 18.7 Å². The predicted molar refractivity (Wildman–Crippen MR) is 70.7 cm³/mol. The summed E-state index contributed by atoms with van der Waals surface area (Å²) in [4.78, 5) is 22.8. The summed E-state index contributed by atoms with van der Waals surface area (Å²) in [5, 5.41) is 20.3. The number of amides is 1. The molecule has 19 heavy (non-hydrogen) atoms. The Labute approximate surface area is 110 Å². The van der Waals surface area contributed by atoms with Crippen molar-refractivity contribution >= 4 is 17.6 Å². The summed E-state index contributed by atoms with van der Waals surface area (Å²) in [7, 11) is 0. The van der Waals surface area contributed by atoms with Gasteiger partial charge in [0.15, 0.2) is 0 Å². The Kier molecular flexibility index (Phi) is 4.61. The Hall–Kier alpha value is -2.87. The van der Waals surface area contributed by atoms with Crippen LogP contribution in [0.3, 0.4) is 0 Å². The molecule has 1 rings (SSSR count). The lowest BCUT2D eigenvalue weighted by molar-refractivity contribution is -0.112. The second-order valence-corrected chi connectivity index (χ2v) is 3.72. The maximum Gasteiger partial charge on any atom is 0.337 e. The van der Waals surface area contributed by atoms with E-state index in [9.17, 15) is 9.59 Å². The Morgan fingerprint density at radius 3 is 2.68 bits per heavy atom. The molecule has 0 spiro atoms. The number of carbonyl (C=O) groups is 2. The highest BCUT2D eigenvalue weighted by atomic mass is 16.4. The monoisotopic (exact) mass is 256 g/mol. The number of rotatable bonds is 4. The number of nitrogens with zero attached hydrogens (tertiary/aromatic N) is 1. The number of aromatic carboxylic acids is 1. The van der Waals surface area contributed by atoms with E-state index >= 15 is 0 Å². The molecule has 2 N–H and O–H groups in total. The molecule has 1 aromatic carbocycles. The summed E-state index contributed by atoms with van der Waals surface area (Å²) in [5.74, 6) is -1.63. The van der Waals surface area contributed by atoms with Crippen molar-refractivity contribution in [3.63, 3.8) is 0 Å². The number of nitriles is 1. The van der Waals surface area contributed by atoms with Gasteiger partial charge in [0.25, 0.3) is 5.91 Å². The SMILES string of the molecule is C=C/C=C(\C)C(=O)Nc1ccc(C#N)cc1C(=O)O. The number of anilines is 1. The van der Waals surface area contributed by atoms with E-state index in [4.69, 9.17) is 10.4 Å². The first-order valence-electron chi connectivity index (χ1n) is 5.37. The van der Waals surface area contributed by atoms with Crippen molar-refractivity contribution in [2.75, 3.05) is 5.32 Å². The number of carbonyl (C=O) groups excluding carboxylic acids is 1. The number of carboxylic acid groups (broad SMARTS) is 1. The number of hydrogen-bond donors (Lipinski definition) is 2. The molecule has 0 aliphatic heterocycles. The molecule has 96 valence electrons. The first-order valence-corrected chi connectivity index (χ1v) is 5.37. The molecule has 1 amide bonds. The summed E-state index contributed by atoms with van der Waals surface area (Å²) in [6.45, 7) is 5.06. The van der Waals surface area contributed by atoms with Gasteiger partial charge in [-0.25, -0.2) is 4.79 Å². The first-order chi connectivity index (χ1) is 8.99. The van der Waals surface area contributed by atoms with Crippen LogP contribution in [0.2, 0.25) is 0 Å². The van der Waals surface area contributed by atoms with Gasteiger partial charge in [-0.3, -0.25) is 4.79 Å². The topological polar surface area (TPSA) is 90.2 Å². The molecule has 0 aliphatic rings. The first kappa shape index (κ1) is 14.2. The third-order valence-corrected chi connectivity index (χ3v) is 2.35. The molecule has 0 unspecified atom stereocenters. The van der Waals surface area contributed by atoms with Crippen LogP contribution < -0.4 is 5.32 Å². The van der Waals surface area contributed by atoms with Crippen molar-refractivity contribution in [3.8, 4) is 6.07 Å². The molecular weight excluding hydrogens is 244 g/mol. The van der Waals surface area contributed by atoms with E-state index in [0.29, 0.717) is 5.57 Å². The van der Waals surface area contributed by atoms with Crippen molar-refractivity contribution in [3.05, 3.63) is 53.6 Å². The maximum atomic E-state index is 11.7. The maximum absolute atomic E-state index is 11.7. The van der Waals surface area contributed by atoms with Crippen LogP contribution in [0.15, 0.2) is 42.5 Å². The fourth-order valence-corrected chi connectivity index (χ4v) is 1.37. The van der Waals surface area contributed by atoms with E-state index in [1.54, 1.807) is 6.92 Å². The van der Waals surface area contributed by atoms with Crippen LogP contribution >= 0.6 is 0 Å². The molecule has 0 fully saturated rings. The standard InChI is InChI=1S/C14H12N2O3/c1-3-4-9(2)13(17)16-12-6-5-10(8-15)7-11(12)14(18)19/h3-7H,1H2,2H3,(H,16,17)(H,18,19)/b9-4+. The fraction of sp³-hybridized carbons (Fsp3) is 0.0714. The molecule has 0 bridgehead atoms. The summed E-state index contributed by atoms with van der Waals surface area (Å²) in [6.07, 6.45) is 2.98. The van der Waals surface area contributed by atoms with Crippen LogP contribution in [0.25, 0.3) is 0 Å². The summed E-state index contributed by atoms with van der Waals surface area (Å²) in [6, 6.07) is 5.89. The number of nitrogens with one attached hydrogen (secondary N) is 1. The molecule has 0 heterocycles. The second kappa shape index (κ2) is 6.17. The molecule has 0 saturated carbocycles. The van der Waals surface area contributed by atoms with E-state index in [2.05, 4.69) is 11.9 Å². The normalized spacial score (nSPS) is 10.4. The van der Waals surface area contributed by atoms with Gasteiger partial charge in [-0.05, 0) is 25.1 Å². The molecular formula is C14H12N2O3. The highest BCUT2D eigenvalue weighted by Crippen LogP contribution is 2.18. The van der Waals surface area contributed by atoms with Crippen LogP contribution in [-0.4, -0.2) is 17.0 Å². The molecule has 0 saturated heterocycles. The van der Waals surface area contributed by atoms with Crippen LogP contribution in [-0.2, 0) is 4.79 Å². The average molecular weight is 256 g/mol. The lowest BCUT2D eigenvalue weighted by Gasteiger charge is -2.08. The van der Waals surface area contributed by atoms with E-state index in [1.807, 2.05) is 6.07 Å². The second-order valence-electron chi connectivity index (χ2n) is 3.72. The van der Waals surface area contributed by atoms with Crippen LogP contribution in [0.5, 0.6) is 0 Å². The minimum Gasteiger partial charge on any atom is -0.478 e. The van der Waals surface area contributed by atoms with Gasteiger partial charge in [-0.15, -0.1) is 0 Å². The Morgan fingerprint density at radius 1 is 1.47 bits per heavy atom. The van der Waals surface area contributed by atoms with Crippen molar-refractivity contribution in [1.29, 1.82) is 5.26 Å². The molecule has 0 aromatic heterocycles. The van der Waals surface area contributed by atoms with Gasteiger partial charge in [0, 0.05) is 5.57 Å². The molecule has 1 aromatic rings. The van der Waals surface area contributed by atoms with Crippen LogP contribution in [0.4, 0.5) is 5.69 Å². The Morgan fingerprint density at radius 2 is 2.16 bits per heavy atom. The van der Waals surface area contributed by atoms with Gasteiger partial charge in [-0.2, -0.15) is 5.26 Å². The third-order valence-electron chi connectivity index (χ3n) is 2.35. The zero-order valence-electron chi connectivity index (χ0n) is 10.3. The molecule has 0 aliphatic carbocycles.